The molecule has 0 bridgehead atoms. The van der Waals surface area contributed by atoms with Crippen LogP contribution in [0.3, 0.4) is 0 Å². The van der Waals surface area contributed by atoms with Gasteiger partial charge in [-0.25, -0.2) is 4.79 Å². The fourth-order valence-electron chi connectivity index (χ4n) is 2.00. The quantitative estimate of drug-likeness (QED) is 0.270. The van der Waals surface area contributed by atoms with Crippen LogP contribution in [0.2, 0.25) is 0 Å². The number of azide groups is 1. The average molecular weight is 247 g/mol. The lowest BCUT2D eigenvalue weighted by Gasteiger charge is -2.15. The molecule has 6 nitrogen and oxygen atoms in total. The molecule has 0 aromatic heterocycles. The normalized spacial score (nSPS) is 9.56. The predicted molar refractivity (Wildman–Crippen MR) is 66.2 cm³/mol. The summed E-state index contributed by atoms with van der Waals surface area (Å²) in [6.07, 6.45) is 0.646. The van der Waals surface area contributed by atoms with Gasteiger partial charge >= 0.3 is 5.97 Å². The number of methoxy groups -OCH3 is 1. The number of ether oxygens (including phenoxy) is 1. The molecule has 6 heteroatoms. The van der Waals surface area contributed by atoms with Crippen molar-refractivity contribution in [1.82, 2.24) is 0 Å². The molecule has 0 amide bonds. The number of benzene rings is 1. The minimum atomic E-state index is -0.553. The third kappa shape index (κ3) is 2.06. The van der Waals surface area contributed by atoms with Crippen LogP contribution in [-0.2, 0) is 4.74 Å². The van der Waals surface area contributed by atoms with Crippen LogP contribution in [0.25, 0.3) is 10.4 Å². The summed E-state index contributed by atoms with van der Waals surface area (Å²) in [5.74, 6) is -0.553. The van der Waals surface area contributed by atoms with Gasteiger partial charge in [0.25, 0.3) is 0 Å². The lowest BCUT2D eigenvalue weighted by Crippen LogP contribution is -2.10. The standard InChI is InChI=1S/C12H13N3O3/c1-6-9(5-16)7(2)11(14-15-13)8(3)10(6)12(17)18-4/h5H,1-4H3. The van der Waals surface area contributed by atoms with E-state index in [1.54, 1.807) is 20.8 Å². The molecule has 0 atom stereocenters. The van der Waals surface area contributed by atoms with E-state index in [4.69, 9.17) is 5.53 Å². The van der Waals surface area contributed by atoms with Crippen molar-refractivity contribution < 1.29 is 14.3 Å². The van der Waals surface area contributed by atoms with Gasteiger partial charge in [-0.2, -0.15) is 0 Å². The van der Waals surface area contributed by atoms with Crippen molar-refractivity contribution in [2.75, 3.05) is 7.11 Å². The molecular weight excluding hydrogens is 234 g/mol. The molecule has 18 heavy (non-hydrogen) atoms. The lowest BCUT2D eigenvalue weighted by molar-refractivity contribution is 0.0599. The van der Waals surface area contributed by atoms with Gasteiger partial charge in [-0.1, -0.05) is 5.11 Å². The molecule has 0 N–H and O–H groups in total. The number of aldehydes is 1. The minimum absolute atomic E-state index is 0.271. The van der Waals surface area contributed by atoms with Crippen LogP contribution in [0.1, 0.15) is 37.4 Å². The minimum Gasteiger partial charge on any atom is -0.465 e. The van der Waals surface area contributed by atoms with Crippen molar-refractivity contribution in [2.24, 2.45) is 5.11 Å². The molecule has 1 rings (SSSR count). The molecule has 0 spiro atoms. The second kappa shape index (κ2) is 5.33. The van der Waals surface area contributed by atoms with Crippen LogP contribution in [0.15, 0.2) is 5.11 Å². The first-order valence-corrected chi connectivity index (χ1v) is 5.21. The summed E-state index contributed by atoms with van der Waals surface area (Å²) in [5, 5.41) is 3.55. The molecule has 0 saturated heterocycles. The number of esters is 1. The van der Waals surface area contributed by atoms with E-state index in [0.717, 1.165) is 0 Å². The molecule has 0 saturated carbocycles. The second-order valence-electron chi connectivity index (χ2n) is 3.81. The van der Waals surface area contributed by atoms with E-state index in [-0.39, 0.29) is 5.56 Å². The topological polar surface area (TPSA) is 92.1 Å². The van der Waals surface area contributed by atoms with Gasteiger partial charge in [0.15, 0.2) is 6.29 Å². The van der Waals surface area contributed by atoms with Crippen LogP contribution in [0, 0.1) is 20.8 Å². The van der Waals surface area contributed by atoms with Crippen LogP contribution >= 0.6 is 0 Å². The van der Waals surface area contributed by atoms with Gasteiger partial charge in [0.2, 0.25) is 0 Å². The van der Waals surface area contributed by atoms with Crippen LogP contribution in [-0.4, -0.2) is 19.4 Å². The number of rotatable bonds is 3. The van der Waals surface area contributed by atoms with Crippen molar-refractivity contribution >= 4 is 17.9 Å². The molecule has 1 aromatic carbocycles. The second-order valence-corrected chi connectivity index (χ2v) is 3.81. The number of nitrogens with zero attached hydrogens (tertiary/aromatic N) is 3. The van der Waals surface area contributed by atoms with E-state index in [9.17, 15) is 9.59 Å². The van der Waals surface area contributed by atoms with Crippen molar-refractivity contribution in [3.63, 3.8) is 0 Å². The average Bonchev–Trinajstić information content (AvgIpc) is 2.35. The van der Waals surface area contributed by atoms with E-state index in [1.165, 1.54) is 7.11 Å². The highest BCUT2D eigenvalue weighted by molar-refractivity contribution is 5.98. The predicted octanol–water partition coefficient (Wildman–Crippen LogP) is 3.15. The van der Waals surface area contributed by atoms with Gasteiger partial charge in [0.1, 0.15) is 0 Å². The summed E-state index contributed by atoms with van der Waals surface area (Å²) < 4.78 is 4.68. The first-order valence-electron chi connectivity index (χ1n) is 5.21. The molecule has 0 fully saturated rings. The lowest BCUT2D eigenvalue weighted by atomic mass is 9.92. The highest BCUT2D eigenvalue weighted by Gasteiger charge is 2.21. The molecule has 0 aliphatic heterocycles. The molecule has 0 aliphatic rings. The van der Waals surface area contributed by atoms with E-state index >= 15 is 0 Å². The van der Waals surface area contributed by atoms with Gasteiger partial charge in [0, 0.05) is 16.2 Å². The molecule has 1 aromatic rings. The summed E-state index contributed by atoms with van der Waals surface area (Å²) in [5.41, 5.74) is 11.1. The molecular formula is C12H13N3O3. The SMILES string of the molecule is COC(=O)c1c(C)c(C=O)c(C)c(N=[N+]=[N-])c1C. The highest BCUT2D eigenvalue weighted by atomic mass is 16.5. The molecule has 0 radical (unpaired) electrons. The summed E-state index contributed by atoms with van der Waals surface area (Å²) in [6.45, 7) is 5.00. The first-order chi connectivity index (χ1) is 8.49. The number of carbonyl (C=O) groups is 2. The third-order valence-corrected chi connectivity index (χ3v) is 2.92. The fraction of sp³-hybridized carbons (Fsp3) is 0.333. The van der Waals surface area contributed by atoms with Gasteiger partial charge < -0.3 is 4.74 Å². The number of carbonyl (C=O) groups excluding carboxylic acids is 2. The van der Waals surface area contributed by atoms with Crippen molar-refractivity contribution in [2.45, 2.75) is 20.8 Å². The zero-order chi connectivity index (χ0) is 13.9. The molecule has 0 heterocycles. The Morgan fingerprint density at radius 2 is 1.89 bits per heavy atom. The van der Waals surface area contributed by atoms with E-state index in [0.29, 0.717) is 34.2 Å². The van der Waals surface area contributed by atoms with E-state index in [2.05, 4.69) is 14.8 Å². The Morgan fingerprint density at radius 1 is 1.28 bits per heavy atom. The largest absolute Gasteiger partial charge is 0.465 e. The Kier molecular flexibility index (Phi) is 4.07. The summed E-state index contributed by atoms with van der Waals surface area (Å²) in [6, 6.07) is 0. The first kappa shape index (κ1) is 13.7. The summed E-state index contributed by atoms with van der Waals surface area (Å²) in [7, 11) is 1.26. The van der Waals surface area contributed by atoms with Crippen molar-refractivity contribution in [3.05, 3.63) is 38.3 Å². The monoisotopic (exact) mass is 247 g/mol. The number of hydrogen-bond acceptors (Lipinski definition) is 4. The molecule has 0 aliphatic carbocycles. The smallest absolute Gasteiger partial charge is 0.338 e. The fourth-order valence-corrected chi connectivity index (χ4v) is 2.00. The third-order valence-electron chi connectivity index (χ3n) is 2.92. The Balaban J connectivity index is 3.82. The Hall–Kier alpha value is -2.33. The van der Waals surface area contributed by atoms with E-state index in [1.807, 2.05) is 0 Å². The zero-order valence-corrected chi connectivity index (χ0v) is 10.6. The van der Waals surface area contributed by atoms with Gasteiger partial charge in [-0.3, -0.25) is 4.79 Å². The molecule has 0 unspecified atom stereocenters. The number of hydrogen-bond donors (Lipinski definition) is 0. The van der Waals surface area contributed by atoms with Crippen molar-refractivity contribution in [1.29, 1.82) is 0 Å². The summed E-state index contributed by atoms with van der Waals surface area (Å²) >= 11 is 0. The Bertz CT molecular complexity index is 573. The zero-order valence-electron chi connectivity index (χ0n) is 10.6. The maximum absolute atomic E-state index is 11.7. The maximum Gasteiger partial charge on any atom is 0.338 e. The highest BCUT2D eigenvalue weighted by Crippen LogP contribution is 2.33. The van der Waals surface area contributed by atoms with Crippen molar-refractivity contribution in [3.8, 4) is 0 Å². The van der Waals surface area contributed by atoms with Gasteiger partial charge in [-0.05, 0) is 43.0 Å². The maximum atomic E-state index is 11.7. The molecule has 94 valence electrons. The van der Waals surface area contributed by atoms with Crippen LogP contribution < -0.4 is 0 Å². The van der Waals surface area contributed by atoms with Crippen LogP contribution in [0.4, 0.5) is 5.69 Å². The van der Waals surface area contributed by atoms with Gasteiger partial charge in [-0.15, -0.1) is 0 Å². The Morgan fingerprint density at radius 3 is 2.33 bits per heavy atom. The van der Waals surface area contributed by atoms with Gasteiger partial charge in [0.05, 0.1) is 12.7 Å². The van der Waals surface area contributed by atoms with Crippen LogP contribution in [0.5, 0.6) is 0 Å². The Labute approximate surface area is 104 Å². The summed E-state index contributed by atoms with van der Waals surface area (Å²) in [4.78, 5) is 25.5. The van der Waals surface area contributed by atoms with E-state index < -0.39 is 5.97 Å².